The van der Waals surface area contributed by atoms with E-state index in [-0.39, 0.29) is 10.6 Å². The zero-order valence-corrected chi connectivity index (χ0v) is 16.3. The first-order valence-electron chi connectivity index (χ1n) is 8.37. The molecular weight excluding hydrogens is 383 g/mol. The predicted octanol–water partition coefficient (Wildman–Crippen LogP) is 3.23. The molecule has 0 unspecified atom stereocenters. The van der Waals surface area contributed by atoms with Gasteiger partial charge in [0.15, 0.2) is 0 Å². The van der Waals surface area contributed by atoms with E-state index in [1.165, 1.54) is 28.9 Å². The minimum Gasteiger partial charge on any atom is -0.321 e. The van der Waals surface area contributed by atoms with E-state index >= 15 is 0 Å². The Kier molecular flexibility index (Phi) is 5.19. The highest BCUT2D eigenvalue weighted by molar-refractivity contribution is 7.92. The molecule has 0 fully saturated rings. The molecule has 0 spiro atoms. The number of halogens is 1. The Morgan fingerprint density at radius 1 is 1.11 bits per heavy atom. The lowest BCUT2D eigenvalue weighted by Gasteiger charge is -2.13. The Labute approximate surface area is 162 Å². The second-order valence-electron chi connectivity index (χ2n) is 6.31. The van der Waals surface area contributed by atoms with Crippen LogP contribution in [-0.4, -0.2) is 24.1 Å². The predicted molar refractivity (Wildman–Crippen MR) is 104 cm³/mol. The molecule has 1 amide bonds. The van der Waals surface area contributed by atoms with Crippen molar-refractivity contribution in [2.24, 2.45) is 7.05 Å². The van der Waals surface area contributed by atoms with Crippen LogP contribution in [0, 0.1) is 19.7 Å². The van der Waals surface area contributed by atoms with Gasteiger partial charge in [-0.3, -0.25) is 14.2 Å². The molecule has 2 N–H and O–H groups in total. The van der Waals surface area contributed by atoms with Crippen molar-refractivity contribution in [3.8, 4) is 0 Å². The van der Waals surface area contributed by atoms with E-state index < -0.39 is 21.7 Å². The largest absolute Gasteiger partial charge is 0.321 e. The maximum absolute atomic E-state index is 13.8. The summed E-state index contributed by atoms with van der Waals surface area (Å²) in [4.78, 5) is 12.4. The third-order valence-electron chi connectivity index (χ3n) is 4.09. The molecule has 146 valence electrons. The summed E-state index contributed by atoms with van der Waals surface area (Å²) < 4.78 is 43.0. The van der Waals surface area contributed by atoms with Crippen LogP contribution in [-0.2, 0) is 17.1 Å². The zero-order valence-electron chi connectivity index (χ0n) is 15.5. The van der Waals surface area contributed by atoms with Crippen molar-refractivity contribution in [2.45, 2.75) is 18.7 Å². The second-order valence-corrected chi connectivity index (χ2v) is 7.97. The maximum Gasteiger partial charge on any atom is 0.273 e. The standard InChI is InChI=1S/C19H19FN4O3S/c1-12-8-9-14(21-19(25)17-10-13(2)22-24(17)3)11-18(12)28(26,27)23-16-7-5-4-6-15(16)20/h4-11,23H,1-3H3,(H,21,25). The zero-order chi connectivity index (χ0) is 20.5. The summed E-state index contributed by atoms with van der Waals surface area (Å²) >= 11 is 0. The van der Waals surface area contributed by atoms with E-state index in [2.05, 4.69) is 15.1 Å². The molecule has 0 saturated heterocycles. The first kappa shape index (κ1) is 19.6. The molecular formula is C19H19FN4O3S. The first-order valence-corrected chi connectivity index (χ1v) is 9.86. The molecule has 0 aliphatic heterocycles. The molecule has 1 heterocycles. The van der Waals surface area contributed by atoms with Gasteiger partial charge in [0.25, 0.3) is 15.9 Å². The van der Waals surface area contributed by atoms with Gasteiger partial charge >= 0.3 is 0 Å². The lowest BCUT2D eigenvalue weighted by Crippen LogP contribution is -2.18. The normalized spacial score (nSPS) is 11.3. The number of amides is 1. The number of anilines is 2. The van der Waals surface area contributed by atoms with E-state index in [0.29, 0.717) is 22.6 Å². The Morgan fingerprint density at radius 2 is 1.82 bits per heavy atom. The van der Waals surface area contributed by atoms with Gasteiger partial charge in [-0.2, -0.15) is 5.10 Å². The Hall–Kier alpha value is -3.20. The minimum atomic E-state index is -4.05. The highest BCUT2D eigenvalue weighted by Crippen LogP contribution is 2.24. The number of carbonyl (C=O) groups excluding carboxylic acids is 1. The van der Waals surface area contributed by atoms with Crippen LogP contribution >= 0.6 is 0 Å². The van der Waals surface area contributed by atoms with E-state index in [1.807, 2.05) is 0 Å². The second kappa shape index (κ2) is 7.43. The molecule has 3 aromatic rings. The van der Waals surface area contributed by atoms with Crippen LogP contribution in [0.4, 0.5) is 15.8 Å². The molecule has 2 aromatic carbocycles. The summed E-state index contributed by atoms with van der Waals surface area (Å²) in [6.07, 6.45) is 0. The number of nitrogens with zero attached hydrogens (tertiary/aromatic N) is 2. The number of carbonyl (C=O) groups is 1. The summed E-state index contributed by atoms with van der Waals surface area (Å²) in [7, 11) is -2.41. The fourth-order valence-electron chi connectivity index (χ4n) is 2.73. The van der Waals surface area contributed by atoms with Crippen LogP contribution in [0.5, 0.6) is 0 Å². The van der Waals surface area contributed by atoms with Crippen LogP contribution in [0.15, 0.2) is 53.4 Å². The Balaban J connectivity index is 1.90. The number of aromatic nitrogens is 2. The van der Waals surface area contributed by atoms with Crippen molar-refractivity contribution in [2.75, 3.05) is 10.0 Å². The number of hydrogen-bond acceptors (Lipinski definition) is 4. The molecule has 9 heteroatoms. The quantitative estimate of drug-likeness (QED) is 0.685. The smallest absolute Gasteiger partial charge is 0.273 e. The van der Waals surface area contributed by atoms with Gasteiger partial charge in [-0.25, -0.2) is 12.8 Å². The van der Waals surface area contributed by atoms with E-state index in [1.54, 1.807) is 39.1 Å². The average molecular weight is 402 g/mol. The van der Waals surface area contributed by atoms with Crippen molar-refractivity contribution < 1.29 is 17.6 Å². The van der Waals surface area contributed by atoms with E-state index in [4.69, 9.17) is 0 Å². The van der Waals surface area contributed by atoms with Crippen LogP contribution in [0.25, 0.3) is 0 Å². The van der Waals surface area contributed by atoms with Crippen molar-refractivity contribution >= 4 is 27.3 Å². The topological polar surface area (TPSA) is 93.1 Å². The molecule has 0 saturated carbocycles. The Morgan fingerprint density at radius 3 is 2.46 bits per heavy atom. The number of nitrogens with one attached hydrogen (secondary N) is 2. The monoisotopic (exact) mass is 402 g/mol. The van der Waals surface area contributed by atoms with Gasteiger partial charge in [0.05, 0.1) is 16.3 Å². The highest BCUT2D eigenvalue weighted by atomic mass is 32.2. The fraction of sp³-hybridized carbons (Fsp3) is 0.158. The molecule has 0 atom stereocenters. The minimum absolute atomic E-state index is 0.0604. The van der Waals surface area contributed by atoms with Gasteiger partial charge < -0.3 is 5.32 Å². The number of para-hydroxylation sites is 1. The van der Waals surface area contributed by atoms with Crippen LogP contribution in [0.1, 0.15) is 21.7 Å². The van der Waals surface area contributed by atoms with Gasteiger partial charge in [0.1, 0.15) is 11.5 Å². The summed E-state index contributed by atoms with van der Waals surface area (Å²) in [6, 6.07) is 11.6. The SMILES string of the molecule is Cc1cc(C(=O)Nc2ccc(C)c(S(=O)(=O)Nc3ccccc3F)c2)n(C)n1. The summed E-state index contributed by atoms with van der Waals surface area (Å²) in [5.74, 6) is -1.10. The third kappa shape index (κ3) is 4.04. The van der Waals surface area contributed by atoms with Crippen LogP contribution in [0.2, 0.25) is 0 Å². The van der Waals surface area contributed by atoms with Crippen molar-refractivity contribution in [1.29, 1.82) is 0 Å². The molecule has 3 rings (SSSR count). The van der Waals surface area contributed by atoms with Crippen molar-refractivity contribution in [1.82, 2.24) is 9.78 Å². The number of rotatable bonds is 5. The van der Waals surface area contributed by atoms with E-state index in [0.717, 1.165) is 6.07 Å². The average Bonchev–Trinajstić information content (AvgIpc) is 2.97. The number of aryl methyl sites for hydroxylation is 3. The lowest BCUT2D eigenvalue weighted by molar-refractivity contribution is 0.101. The van der Waals surface area contributed by atoms with Gasteiger partial charge in [-0.05, 0) is 49.7 Å². The molecule has 7 nitrogen and oxygen atoms in total. The summed E-state index contributed by atoms with van der Waals surface area (Å²) in [6.45, 7) is 3.38. The van der Waals surface area contributed by atoms with Gasteiger partial charge in [-0.1, -0.05) is 18.2 Å². The third-order valence-corrected chi connectivity index (χ3v) is 5.60. The van der Waals surface area contributed by atoms with Gasteiger partial charge in [-0.15, -0.1) is 0 Å². The number of benzene rings is 2. The number of sulfonamides is 1. The van der Waals surface area contributed by atoms with Gasteiger partial charge in [0.2, 0.25) is 0 Å². The molecule has 0 radical (unpaired) electrons. The van der Waals surface area contributed by atoms with E-state index in [9.17, 15) is 17.6 Å². The molecule has 0 aliphatic carbocycles. The Bertz CT molecular complexity index is 1160. The van der Waals surface area contributed by atoms with Gasteiger partial charge in [0, 0.05) is 12.7 Å². The first-order chi connectivity index (χ1) is 13.2. The highest BCUT2D eigenvalue weighted by Gasteiger charge is 2.20. The molecule has 1 aromatic heterocycles. The number of hydrogen-bond donors (Lipinski definition) is 2. The van der Waals surface area contributed by atoms with Crippen molar-refractivity contribution in [3.05, 3.63) is 71.3 Å². The molecule has 0 aliphatic rings. The molecule has 28 heavy (non-hydrogen) atoms. The lowest BCUT2D eigenvalue weighted by atomic mass is 10.2. The summed E-state index contributed by atoms with van der Waals surface area (Å²) in [5, 5.41) is 6.78. The van der Waals surface area contributed by atoms with Crippen LogP contribution < -0.4 is 10.0 Å². The summed E-state index contributed by atoms with van der Waals surface area (Å²) in [5.41, 5.74) is 1.63. The van der Waals surface area contributed by atoms with Crippen LogP contribution in [0.3, 0.4) is 0 Å². The maximum atomic E-state index is 13.8. The fourth-order valence-corrected chi connectivity index (χ4v) is 4.07. The molecule has 0 bridgehead atoms. The van der Waals surface area contributed by atoms with Crippen molar-refractivity contribution in [3.63, 3.8) is 0 Å².